The zero-order valence-electron chi connectivity index (χ0n) is 13.3. The fourth-order valence-electron chi connectivity index (χ4n) is 2.05. The van der Waals surface area contributed by atoms with Gasteiger partial charge in [0.15, 0.2) is 0 Å². The fraction of sp³-hybridized carbons (Fsp3) is 0.125. The van der Waals surface area contributed by atoms with E-state index >= 15 is 0 Å². The number of rotatable bonds is 7. The zero-order valence-corrected chi connectivity index (χ0v) is 13.3. The summed E-state index contributed by atoms with van der Waals surface area (Å²) >= 11 is 0. The third-order valence-corrected chi connectivity index (χ3v) is 3.29. The molecule has 0 aliphatic carbocycles. The predicted octanol–water partition coefficient (Wildman–Crippen LogP) is 1.75. The van der Waals surface area contributed by atoms with Crippen LogP contribution >= 0.6 is 0 Å². The summed E-state index contributed by atoms with van der Waals surface area (Å²) in [5, 5.41) is 16.3. The molecule has 0 unspecified atom stereocenters. The lowest BCUT2D eigenvalue weighted by atomic mass is 10.2. The summed E-state index contributed by atoms with van der Waals surface area (Å²) in [7, 11) is 1.42. The number of benzene rings is 2. The molecule has 0 atom stereocenters. The Bertz CT molecular complexity index is 805. The van der Waals surface area contributed by atoms with E-state index < -0.39 is 10.8 Å². The standard InChI is InChI=1S/C16H16N4O5/c1-25-14-7-6-12(20(23)24)8-13(14)18-9-15(21)19-11-4-2-10(3-5-11)16(17)22/h2-8,18H,9H2,1H3,(H2,17,22)(H,19,21). The Balaban J connectivity index is 2.00. The van der Waals surface area contributed by atoms with Crippen LogP contribution in [0.5, 0.6) is 5.75 Å². The van der Waals surface area contributed by atoms with Gasteiger partial charge in [0.2, 0.25) is 11.8 Å². The Morgan fingerprint density at radius 2 is 1.88 bits per heavy atom. The van der Waals surface area contributed by atoms with Crippen molar-refractivity contribution in [2.45, 2.75) is 0 Å². The van der Waals surface area contributed by atoms with Crippen molar-refractivity contribution in [2.75, 3.05) is 24.3 Å². The van der Waals surface area contributed by atoms with E-state index in [9.17, 15) is 19.7 Å². The van der Waals surface area contributed by atoms with Gasteiger partial charge in [0, 0.05) is 23.4 Å². The normalized spacial score (nSPS) is 9.96. The monoisotopic (exact) mass is 344 g/mol. The topological polar surface area (TPSA) is 137 Å². The van der Waals surface area contributed by atoms with Gasteiger partial charge in [-0.3, -0.25) is 19.7 Å². The van der Waals surface area contributed by atoms with Crippen molar-refractivity contribution in [2.24, 2.45) is 5.73 Å². The third-order valence-electron chi connectivity index (χ3n) is 3.29. The second-order valence-electron chi connectivity index (χ2n) is 4.99. The lowest BCUT2D eigenvalue weighted by molar-refractivity contribution is -0.384. The number of nitro groups is 1. The second-order valence-corrected chi connectivity index (χ2v) is 4.99. The van der Waals surface area contributed by atoms with Crippen LogP contribution in [0.2, 0.25) is 0 Å². The highest BCUT2D eigenvalue weighted by atomic mass is 16.6. The first-order valence-corrected chi connectivity index (χ1v) is 7.16. The molecule has 0 saturated heterocycles. The van der Waals surface area contributed by atoms with Gasteiger partial charge in [0.05, 0.1) is 24.3 Å². The highest BCUT2D eigenvalue weighted by Crippen LogP contribution is 2.28. The Hall–Kier alpha value is -3.62. The Morgan fingerprint density at radius 3 is 2.44 bits per heavy atom. The van der Waals surface area contributed by atoms with Crippen LogP contribution in [0.15, 0.2) is 42.5 Å². The van der Waals surface area contributed by atoms with Gasteiger partial charge in [-0.25, -0.2) is 0 Å². The minimum absolute atomic E-state index is 0.120. The van der Waals surface area contributed by atoms with E-state index in [0.717, 1.165) is 0 Å². The van der Waals surface area contributed by atoms with Gasteiger partial charge in [-0.05, 0) is 30.3 Å². The van der Waals surface area contributed by atoms with Crippen molar-refractivity contribution in [1.82, 2.24) is 0 Å². The molecule has 9 heteroatoms. The summed E-state index contributed by atoms with van der Waals surface area (Å²) in [5.41, 5.74) is 6.17. The van der Waals surface area contributed by atoms with Crippen molar-refractivity contribution in [3.05, 3.63) is 58.1 Å². The Labute approximate surface area is 142 Å². The molecule has 2 rings (SSSR count). The van der Waals surface area contributed by atoms with Crippen molar-refractivity contribution in [3.8, 4) is 5.75 Å². The van der Waals surface area contributed by atoms with Crippen molar-refractivity contribution < 1.29 is 19.2 Å². The van der Waals surface area contributed by atoms with Gasteiger partial charge in [-0.15, -0.1) is 0 Å². The summed E-state index contributed by atoms with van der Waals surface area (Å²) in [5.74, 6) is -0.554. The average Bonchev–Trinajstić information content (AvgIpc) is 2.60. The number of ether oxygens (including phenoxy) is 1. The molecule has 2 aromatic carbocycles. The van der Waals surface area contributed by atoms with Gasteiger partial charge in [-0.1, -0.05) is 0 Å². The van der Waals surface area contributed by atoms with Crippen molar-refractivity contribution >= 4 is 28.9 Å². The number of carbonyl (C=O) groups is 2. The first-order valence-electron chi connectivity index (χ1n) is 7.16. The largest absolute Gasteiger partial charge is 0.495 e. The van der Waals surface area contributed by atoms with Crippen LogP contribution in [0.3, 0.4) is 0 Å². The van der Waals surface area contributed by atoms with Crippen LogP contribution in [0.1, 0.15) is 10.4 Å². The quantitative estimate of drug-likeness (QED) is 0.517. The number of anilines is 2. The molecule has 2 aromatic rings. The average molecular weight is 344 g/mol. The van der Waals surface area contributed by atoms with Gasteiger partial charge in [0.1, 0.15) is 5.75 Å². The first-order chi connectivity index (χ1) is 11.9. The number of nitrogens with one attached hydrogen (secondary N) is 2. The van der Waals surface area contributed by atoms with Gasteiger partial charge in [0.25, 0.3) is 5.69 Å². The fourth-order valence-corrected chi connectivity index (χ4v) is 2.05. The van der Waals surface area contributed by atoms with Crippen LogP contribution in [0.25, 0.3) is 0 Å². The van der Waals surface area contributed by atoms with Crippen LogP contribution in [0, 0.1) is 10.1 Å². The lowest BCUT2D eigenvalue weighted by Crippen LogP contribution is -2.22. The molecular weight excluding hydrogens is 328 g/mol. The second kappa shape index (κ2) is 7.77. The number of primary amides is 1. The molecule has 0 aliphatic rings. The van der Waals surface area contributed by atoms with Crippen LogP contribution in [-0.4, -0.2) is 30.4 Å². The summed E-state index contributed by atoms with van der Waals surface area (Å²) in [4.78, 5) is 33.3. The maximum absolute atomic E-state index is 12.0. The molecule has 0 fully saturated rings. The molecule has 4 N–H and O–H groups in total. The highest BCUT2D eigenvalue weighted by Gasteiger charge is 2.12. The predicted molar refractivity (Wildman–Crippen MR) is 91.7 cm³/mol. The minimum atomic E-state index is -0.558. The van der Waals surface area contributed by atoms with Crippen LogP contribution in [0.4, 0.5) is 17.1 Å². The first kappa shape index (κ1) is 17.7. The Kier molecular flexibility index (Phi) is 5.51. The van der Waals surface area contributed by atoms with E-state index in [1.165, 1.54) is 37.4 Å². The zero-order chi connectivity index (χ0) is 18.4. The smallest absolute Gasteiger partial charge is 0.271 e. The maximum Gasteiger partial charge on any atom is 0.271 e. The van der Waals surface area contributed by atoms with E-state index in [1.54, 1.807) is 12.1 Å². The molecule has 130 valence electrons. The number of hydrogen-bond donors (Lipinski definition) is 3. The van der Waals surface area contributed by atoms with E-state index in [-0.39, 0.29) is 18.1 Å². The summed E-state index contributed by atoms with van der Waals surface area (Å²) in [6, 6.07) is 10.1. The molecule has 25 heavy (non-hydrogen) atoms. The number of nitrogens with zero attached hydrogens (tertiary/aromatic N) is 1. The molecule has 0 aromatic heterocycles. The molecule has 0 spiro atoms. The number of nitrogens with two attached hydrogens (primary N) is 1. The molecule has 2 amide bonds. The molecule has 0 radical (unpaired) electrons. The summed E-state index contributed by atoms with van der Waals surface area (Å²) < 4.78 is 5.11. The molecule has 0 aliphatic heterocycles. The van der Waals surface area contributed by atoms with Crippen molar-refractivity contribution in [3.63, 3.8) is 0 Å². The summed E-state index contributed by atoms with van der Waals surface area (Å²) in [6.07, 6.45) is 0. The minimum Gasteiger partial charge on any atom is -0.495 e. The molecule has 9 nitrogen and oxygen atoms in total. The van der Waals surface area contributed by atoms with Gasteiger partial charge >= 0.3 is 0 Å². The van der Waals surface area contributed by atoms with Crippen LogP contribution in [-0.2, 0) is 4.79 Å². The molecule has 0 saturated carbocycles. The van der Waals surface area contributed by atoms with E-state index in [0.29, 0.717) is 22.7 Å². The van der Waals surface area contributed by atoms with E-state index in [4.69, 9.17) is 10.5 Å². The number of amides is 2. The van der Waals surface area contributed by atoms with Gasteiger partial charge < -0.3 is 21.1 Å². The number of hydrogen-bond acceptors (Lipinski definition) is 6. The van der Waals surface area contributed by atoms with E-state index in [1.807, 2.05) is 0 Å². The SMILES string of the molecule is COc1ccc([N+](=O)[O-])cc1NCC(=O)Nc1ccc(C(N)=O)cc1. The van der Waals surface area contributed by atoms with Crippen LogP contribution < -0.4 is 21.1 Å². The molecular formula is C16H16N4O5. The number of non-ortho nitro benzene ring substituents is 1. The number of methoxy groups -OCH3 is 1. The third kappa shape index (κ3) is 4.67. The Morgan fingerprint density at radius 1 is 1.20 bits per heavy atom. The van der Waals surface area contributed by atoms with Crippen molar-refractivity contribution in [1.29, 1.82) is 0 Å². The summed E-state index contributed by atoms with van der Waals surface area (Å²) in [6.45, 7) is -0.130. The van der Waals surface area contributed by atoms with E-state index in [2.05, 4.69) is 10.6 Å². The highest BCUT2D eigenvalue weighted by molar-refractivity contribution is 5.96. The molecule has 0 bridgehead atoms. The maximum atomic E-state index is 12.0. The number of carbonyl (C=O) groups excluding carboxylic acids is 2. The molecule has 0 heterocycles. The lowest BCUT2D eigenvalue weighted by Gasteiger charge is -2.11. The van der Waals surface area contributed by atoms with Gasteiger partial charge in [-0.2, -0.15) is 0 Å². The number of nitro benzene ring substituents is 1.